The van der Waals surface area contributed by atoms with Gasteiger partial charge >= 0.3 is 0 Å². The number of hydrogen-bond donors (Lipinski definition) is 2. The van der Waals surface area contributed by atoms with Gasteiger partial charge in [-0.2, -0.15) is 0 Å². The average molecular weight is 339 g/mol. The molecule has 7 heteroatoms. The third kappa shape index (κ3) is 3.30. The second kappa shape index (κ2) is 6.64. The van der Waals surface area contributed by atoms with Crippen molar-refractivity contribution in [3.8, 4) is 0 Å². The summed E-state index contributed by atoms with van der Waals surface area (Å²) < 4.78 is 5.79. The Morgan fingerprint density at radius 1 is 1.20 bits per heavy atom. The molecule has 1 atom stereocenters. The number of nitrogens with one attached hydrogen (secondary N) is 2. The Bertz CT molecular complexity index is 915. The summed E-state index contributed by atoms with van der Waals surface area (Å²) in [6, 6.07) is 13.6. The van der Waals surface area contributed by atoms with Crippen LogP contribution in [0.4, 0.5) is 11.4 Å². The largest absolute Gasteiger partial charge is 0.459 e. The molecule has 0 saturated carbocycles. The molecule has 0 aliphatic rings. The molecule has 0 aliphatic heterocycles. The van der Waals surface area contributed by atoms with Crippen molar-refractivity contribution in [1.82, 2.24) is 5.32 Å². The molecule has 0 radical (unpaired) electrons. The number of anilines is 1. The molecule has 25 heavy (non-hydrogen) atoms. The molecular weight excluding hydrogens is 322 g/mol. The molecule has 3 aromatic rings. The van der Waals surface area contributed by atoms with Crippen LogP contribution in [-0.4, -0.2) is 17.9 Å². The van der Waals surface area contributed by atoms with Crippen LogP contribution < -0.4 is 10.6 Å². The Hall–Kier alpha value is -3.35. The molecule has 0 aliphatic carbocycles. The monoisotopic (exact) mass is 339 g/mol. The van der Waals surface area contributed by atoms with Crippen molar-refractivity contribution >= 4 is 28.3 Å². The van der Waals surface area contributed by atoms with Gasteiger partial charge in [0, 0.05) is 24.1 Å². The minimum absolute atomic E-state index is 0.163. The maximum absolute atomic E-state index is 11.7. The lowest BCUT2D eigenvalue weighted by molar-refractivity contribution is -0.384. The summed E-state index contributed by atoms with van der Waals surface area (Å²) in [6.07, 6.45) is 0. The molecule has 1 amide bonds. The number of nitrogens with zero attached hydrogens (tertiary/aromatic N) is 1. The highest BCUT2D eigenvalue weighted by molar-refractivity contribution is 5.95. The lowest BCUT2D eigenvalue weighted by Crippen LogP contribution is -2.18. The van der Waals surface area contributed by atoms with Crippen LogP contribution in [0.3, 0.4) is 0 Å². The highest BCUT2D eigenvalue weighted by Gasteiger charge is 2.20. The number of para-hydroxylation sites is 1. The Morgan fingerprint density at radius 2 is 1.96 bits per heavy atom. The Balaban J connectivity index is 1.90. The first-order valence-corrected chi connectivity index (χ1v) is 7.75. The lowest BCUT2D eigenvalue weighted by Gasteiger charge is -2.13. The Kier molecular flexibility index (Phi) is 4.38. The topological polar surface area (TPSA) is 97.4 Å². The minimum Gasteiger partial charge on any atom is -0.459 e. The van der Waals surface area contributed by atoms with Crippen molar-refractivity contribution < 1.29 is 14.1 Å². The third-order valence-corrected chi connectivity index (χ3v) is 3.93. The number of nitro benzene ring substituents is 1. The van der Waals surface area contributed by atoms with Crippen molar-refractivity contribution in [3.63, 3.8) is 0 Å². The van der Waals surface area contributed by atoms with Gasteiger partial charge in [-0.1, -0.05) is 18.2 Å². The normalized spacial score (nSPS) is 11.9. The number of nitro groups is 1. The number of carbonyl (C=O) groups excluding carboxylic acids is 1. The second-order valence-corrected chi connectivity index (χ2v) is 5.62. The number of benzene rings is 2. The maximum Gasteiger partial charge on any atom is 0.293 e. The fourth-order valence-corrected chi connectivity index (χ4v) is 2.61. The van der Waals surface area contributed by atoms with Crippen molar-refractivity contribution in [2.45, 2.75) is 13.0 Å². The van der Waals surface area contributed by atoms with E-state index in [0.29, 0.717) is 11.4 Å². The lowest BCUT2D eigenvalue weighted by atomic mass is 10.1. The zero-order chi connectivity index (χ0) is 18.0. The van der Waals surface area contributed by atoms with Crippen LogP contribution in [0, 0.1) is 10.1 Å². The standard InChI is InChI=1S/C18H17N3O4/c1-11(17-10-12-5-3-4-6-16(12)25-17)20-14-8-7-13(18(22)19-2)9-15(14)21(23)24/h3-11,20H,1-2H3,(H,19,22)/t11-/m1/s1. The number of carbonyl (C=O) groups is 1. The summed E-state index contributed by atoms with van der Waals surface area (Å²) in [6.45, 7) is 1.86. The number of rotatable bonds is 5. The van der Waals surface area contributed by atoms with E-state index in [9.17, 15) is 14.9 Å². The van der Waals surface area contributed by atoms with Crippen LogP contribution in [0.5, 0.6) is 0 Å². The van der Waals surface area contributed by atoms with E-state index in [1.54, 1.807) is 6.07 Å². The first-order chi connectivity index (χ1) is 12.0. The fourth-order valence-electron chi connectivity index (χ4n) is 2.61. The molecule has 0 bridgehead atoms. The first-order valence-electron chi connectivity index (χ1n) is 7.75. The summed E-state index contributed by atoms with van der Waals surface area (Å²) in [7, 11) is 1.48. The second-order valence-electron chi connectivity index (χ2n) is 5.62. The number of fused-ring (bicyclic) bond motifs is 1. The molecule has 0 spiro atoms. The third-order valence-electron chi connectivity index (χ3n) is 3.93. The van der Waals surface area contributed by atoms with Gasteiger partial charge < -0.3 is 15.1 Å². The SMILES string of the molecule is CNC(=O)c1ccc(N[C@H](C)c2cc3ccccc3o2)c([N+](=O)[O-])c1. The van der Waals surface area contributed by atoms with Gasteiger partial charge in [0.05, 0.1) is 11.0 Å². The molecular formula is C18H17N3O4. The average Bonchev–Trinajstić information content (AvgIpc) is 3.05. The van der Waals surface area contributed by atoms with Crippen molar-refractivity contribution in [3.05, 3.63) is 70.0 Å². The van der Waals surface area contributed by atoms with E-state index in [2.05, 4.69) is 10.6 Å². The van der Waals surface area contributed by atoms with Crippen molar-refractivity contribution in [2.75, 3.05) is 12.4 Å². The van der Waals surface area contributed by atoms with Gasteiger partial charge in [-0.05, 0) is 31.2 Å². The van der Waals surface area contributed by atoms with Gasteiger partial charge in [0.1, 0.15) is 17.0 Å². The van der Waals surface area contributed by atoms with E-state index in [1.165, 1.54) is 19.2 Å². The summed E-state index contributed by atoms with van der Waals surface area (Å²) in [5.41, 5.74) is 1.15. The van der Waals surface area contributed by atoms with E-state index in [1.807, 2.05) is 37.3 Å². The van der Waals surface area contributed by atoms with Crippen LogP contribution in [-0.2, 0) is 0 Å². The van der Waals surface area contributed by atoms with Crippen molar-refractivity contribution in [2.24, 2.45) is 0 Å². The molecule has 0 fully saturated rings. The Labute approximate surface area is 143 Å². The summed E-state index contributed by atoms with van der Waals surface area (Å²) in [5, 5.41) is 17.9. The number of furan rings is 1. The molecule has 0 saturated heterocycles. The number of hydrogen-bond acceptors (Lipinski definition) is 5. The zero-order valence-corrected chi connectivity index (χ0v) is 13.8. The summed E-state index contributed by atoms with van der Waals surface area (Å²) in [5.74, 6) is 0.297. The van der Waals surface area contributed by atoms with E-state index in [-0.39, 0.29) is 23.2 Å². The van der Waals surface area contributed by atoms with Crippen LogP contribution in [0.2, 0.25) is 0 Å². The van der Waals surface area contributed by atoms with Gasteiger partial charge in [-0.25, -0.2) is 0 Å². The molecule has 1 heterocycles. The minimum atomic E-state index is -0.514. The van der Waals surface area contributed by atoms with Gasteiger partial charge in [0.2, 0.25) is 0 Å². The zero-order valence-electron chi connectivity index (χ0n) is 13.8. The molecule has 2 N–H and O–H groups in total. The first kappa shape index (κ1) is 16.5. The van der Waals surface area contributed by atoms with Crippen LogP contribution in [0.1, 0.15) is 29.1 Å². The van der Waals surface area contributed by atoms with Crippen LogP contribution in [0.15, 0.2) is 52.9 Å². The highest BCUT2D eigenvalue weighted by Crippen LogP contribution is 2.31. The van der Waals surface area contributed by atoms with E-state index >= 15 is 0 Å². The molecule has 1 aromatic heterocycles. The quantitative estimate of drug-likeness (QED) is 0.543. The smallest absolute Gasteiger partial charge is 0.293 e. The summed E-state index contributed by atoms with van der Waals surface area (Å²) in [4.78, 5) is 22.5. The van der Waals surface area contributed by atoms with E-state index in [4.69, 9.17) is 4.42 Å². The molecule has 7 nitrogen and oxygen atoms in total. The van der Waals surface area contributed by atoms with Crippen molar-refractivity contribution in [1.29, 1.82) is 0 Å². The van der Waals surface area contributed by atoms with Gasteiger partial charge in [0.15, 0.2) is 0 Å². The summed E-state index contributed by atoms with van der Waals surface area (Å²) >= 11 is 0. The Morgan fingerprint density at radius 3 is 2.64 bits per heavy atom. The van der Waals surface area contributed by atoms with E-state index in [0.717, 1.165) is 11.0 Å². The predicted molar refractivity (Wildman–Crippen MR) is 94.7 cm³/mol. The number of amides is 1. The van der Waals surface area contributed by atoms with E-state index < -0.39 is 4.92 Å². The molecule has 128 valence electrons. The maximum atomic E-state index is 11.7. The molecule has 3 rings (SSSR count). The highest BCUT2D eigenvalue weighted by atomic mass is 16.6. The van der Waals surface area contributed by atoms with Crippen LogP contribution in [0.25, 0.3) is 11.0 Å². The predicted octanol–water partition coefficient (Wildman–Crippen LogP) is 3.87. The van der Waals surface area contributed by atoms with Gasteiger partial charge in [0.25, 0.3) is 11.6 Å². The van der Waals surface area contributed by atoms with Gasteiger partial charge in [-0.15, -0.1) is 0 Å². The fraction of sp³-hybridized carbons (Fsp3) is 0.167. The molecule has 2 aromatic carbocycles. The van der Waals surface area contributed by atoms with Crippen LogP contribution >= 0.6 is 0 Å². The van der Waals surface area contributed by atoms with Gasteiger partial charge in [-0.3, -0.25) is 14.9 Å². The molecule has 0 unspecified atom stereocenters.